The molecule has 0 bridgehead atoms. The molecule has 21 heavy (non-hydrogen) atoms. The summed E-state index contributed by atoms with van der Waals surface area (Å²) >= 11 is 5.75. The van der Waals surface area contributed by atoms with Gasteiger partial charge in [-0.05, 0) is 17.5 Å². The average Bonchev–Trinajstić information content (AvgIpc) is 2.35. The number of pyridine rings is 1. The smallest absolute Gasteiger partial charge is 0.326 e. The van der Waals surface area contributed by atoms with Crippen molar-refractivity contribution in [2.75, 3.05) is 18.5 Å². The monoisotopic (exact) mass is 313 g/mol. The van der Waals surface area contributed by atoms with E-state index in [1.165, 1.54) is 6.20 Å². The highest BCUT2D eigenvalue weighted by atomic mass is 35.5. The fourth-order valence-electron chi connectivity index (χ4n) is 1.75. The maximum absolute atomic E-state index is 12.0. The Labute approximate surface area is 129 Å². The van der Waals surface area contributed by atoms with Gasteiger partial charge < -0.3 is 15.3 Å². The topological polar surface area (TPSA) is 82.5 Å². The van der Waals surface area contributed by atoms with Gasteiger partial charge in [0.05, 0.1) is 11.6 Å². The van der Waals surface area contributed by atoms with Gasteiger partial charge in [-0.25, -0.2) is 9.78 Å². The second-order valence-corrected chi connectivity index (χ2v) is 6.33. The van der Waals surface area contributed by atoms with E-state index in [1.807, 2.05) is 0 Å². The molecule has 1 aromatic rings. The molecule has 0 saturated heterocycles. The number of hydrogen-bond donors (Lipinski definition) is 2. The number of amides is 1. The van der Waals surface area contributed by atoms with Gasteiger partial charge in [-0.3, -0.25) is 4.79 Å². The zero-order valence-electron chi connectivity index (χ0n) is 12.6. The molecule has 2 N–H and O–H groups in total. The second-order valence-electron chi connectivity index (χ2n) is 5.90. The van der Waals surface area contributed by atoms with Crippen LogP contribution in [0.3, 0.4) is 0 Å². The van der Waals surface area contributed by atoms with E-state index in [4.69, 9.17) is 11.6 Å². The Bertz CT molecular complexity index is 511. The van der Waals surface area contributed by atoms with Gasteiger partial charge in [-0.15, -0.1) is 0 Å². The molecule has 0 radical (unpaired) electrons. The van der Waals surface area contributed by atoms with Crippen LogP contribution in [0.25, 0.3) is 0 Å². The van der Waals surface area contributed by atoms with Gasteiger partial charge in [0, 0.05) is 13.2 Å². The Hall–Kier alpha value is -1.82. The van der Waals surface area contributed by atoms with E-state index >= 15 is 0 Å². The van der Waals surface area contributed by atoms with Gasteiger partial charge in [0.2, 0.25) is 5.91 Å². The number of carboxylic acids is 1. The number of anilines is 1. The summed E-state index contributed by atoms with van der Waals surface area (Å²) in [6.45, 7) is 5.29. The Balaban J connectivity index is 2.68. The number of nitrogens with one attached hydrogen (secondary N) is 1. The van der Waals surface area contributed by atoms with Crippen LogP contribution in [0.5, 0.6) is 0 Å². The molecular weight excluding hydrogens is 294 g/mol. The summed E-state index contributed by atoms with van der Waals surface area (Å²) in [5.41, 5.74) is -0.571. The number of hydrogen-bond acceptors (Lipinski definition) is 4. The molecule has 0 aliphatic carbocycles. The Morgan fingerprint density at radius 1 is 1.43 bits per heavy atom. The molecule has 0 spiro atoms. The van der Waals surface area contributed by atoms with Crippen molar-refractivity contribution in [2.24, 2.45) is 5.41 Å². The molecule has 0 aliphatic heterocycles. The molecule has 6 nitrogen and oxygen atoms in total. The molecule has 116 valence electrons. The van der Waals surface area contributed by atoms with Crippen molar-refractivity contribution in [1.29, 1.82) is 0 Å². The van der Waals surface area contributed by atoms with Crippen molar-refractivity contribution >= 4 is 29.3 Å². The Kier molecular flexibility index (Phi) is 5.54. The number of aromatic nitrogens is 1. The molecule has 0 unspecified atom stereocenters. The Morgan fingerprint density at radius 2 is 2.05 bits per heavy atom. The Morgan fingerprint density at radius 3 is 2.48 bits per heavy atom. The zero-order chi connectivity index (χ0) is 16.2. The minimum atomic E-state index is -1.05. The summed E-state index contributed by atoms with van der Waals surface area (Å²) in [6.07, 6.45) is 1.49. The number of halogens is 1. The molecule has 1 heterocycles. The third-order valence-corrected chi connectivity index (χ3v) is 3.13. The lowest BCUT2D eigenvalue weighted by molar-refractivity contribution is -0.144. The summed E-state index contributed by atoms with van der Waals surface area (Å²) < 4.78 is 0. The van der Waals surface area contributed by atoms with E-state index in [0.717, 1.165) is 0 Å². The van der Waals surface area contributed by atoms with Crippen LogP contribution >= 0.6 is 11.6 Å². The van der Waals surface area contributed by atoms with E-state index in [0.29, 0.717) is 10.8 Å². The van der Waals surface area contributed by atoms with E-state index in [-0.39, 0.29) is 12.5 Å². The first-order valence-corrected chi connectivity index (χ1v) is 6.84. The maximum atomic E-state index is 12.0. The SMILES string of the molecule is CN(CC(=O)N[C@H](C(=O)O)C(C)(C)C)c1ccc(Cl)cn1. The molecule has 0 aromatic carbocycles. The number of carbonyl (C=O) groups is 2. The zero-order valence-corrected chi connectivity index (χ0v) is 13.3. The largest absolute Gasteiger partial charge is 0.480 e. The van der Waals surface area contributed by atoms with Crippen molar-refractivity contribution in [1.82, 2.24) is 10.3 Å². The van der Waals surface area contributed by atoms with Crippen LogP contribution in [0.4, 0.5) is 5.82 Å². The molecule has 0 aliphatic rings. The molecule has 0 saturated carbocycles. The first-order chi connectivity index (χ1) is 9.61. The summed E-state index contributed by atoms with van der Waals surface area (Å²) in [5, 5.41) is 12.2. The normalized spacial score (nSPS) is 12.6. The highest BCUT2D eigenvalue weighted by Crippen LogP contribution is 2.19. The predicted molar refractivity (Wildman–Crippen MR) is 81.5 cm³/mol. The molecule has 1 aromatic heterocycles. The van der Waals surface area contributed by atoms with Gasteiger partial charge in [0.25, 0.3) is 0 Å². The summed E-state index contributed by atoms with van der Waals surface area (Å²) in [5.74, 6) is -0.850. The number of carboxylic acid groups (broad SMARTS) is 1. The van der Waals surface area contributed by atoms with Crippen molar-refractivity contribution in [3.05, 3.63) is 23.4 Å². The van der Waals surface area contributed by atoms with Crippen LogP contribution in [0.1, 0.15) is 20.8 Å². The van der Waals surface area contributed by atoms with E-state index in [9.17, 15) is 14.7 Å². The van der Waals surface area contributed by atoms with Crippen LogP contribution in [0, 0.1) is 5.41 Å². The predicted octanol–water partition coefficient (Wildman–Crippen LogP) is 1.79. The van der Waals surface area contributed by atoms with E-state index in [1.54, 1.807) is 44.9 Å². The van der Waals surface area contributed by atoms with E-state index in [2.05, 4.69) is 10.3 Å². The lowest BCUT2D eigenvalue weighted by atomic mass is 9.87. The third-order valence-electron chi connectivity index (χ3n) is 2.90. The van der Waals surface area contributed by atoms with E-state index < -0.39 is 17.4 Å². The van der Waals surface area contributed by atoms with Crippen molar-refractivity contribution in [3.8, 4) is 0 Å². The standard InChI is InChI=1S/C14H20ClN3O3/c1-14(2,3)12(13(20)21)17-11(19)8-18(4)10-6-5-9(15)7-16-10/h5-7,12H,8H2,1-4H3,(H,17,19)(H,20,21)/t12-/m1/s1. The van der Waals surface area contributed by atoms with Gasteiger partial charge in [0.15, 0.2) is 0 Å². The van der Waals surface area contributed by atoms with Crippen LogP contribution in [-0.2, 0) is 9.59 Å². The molecule has 1 atom stereocenters. The van der Waals surface area contributed by atoms with Crippen LogP contribution < -0.4 is 10.2 Å². The van der Waals surface area contributed by atoms with Gasteiger partial charge >= 0.3 is 5.97 Å². The highest BCUT2D eigenvalue weighted by Gasteiger charge is 2.32. The lowest BCUT2D eigenvalue weighted by Gasteiger charge is -2.28. The first-order valence-electron chi connectivity index (χ1n) is 6.46. The summed E-state index contributed by atoms with van der Waals surface area (Å²) in [4.78, 5) is 28.9. The van der Waals surface area contributed by atoms with Gasteiger partial charge in [-0.1, -0.05) is 32.4 Å². The van der Waals surface area contributed by atoms with Crippen LogP contribution in [-0.4, -0.2) is 41.6 Å². The number of aliphatic carboxylic acids is 1. The summed E-state index contributed by atoms with van der Waals surface area (Å²) in [7, 11) is 1.70. The quantitative estimate of drug-likeness (QED) is 0.866. The fourth-order valence-corrected chi connectivity index (χ4v) is 1.86. The van der Waals surface area contributed by atoms with Crippen molar-refractivity contribution in [2.45, 2.75) is 26.8 Å². The minimum Gasteiger partial charge on any atom is -0.480 e. The number of nitrogens with zero attached hydrogens (tertiary/aromatic N) is 2. The molecule has 0 fully saturated rings. The fraction of sp³-hybridized carbons (Fsp3) is 0.500. The number of rotatable bonds is 5. The van der Waals surface area contributed by atoms with Gasteiger partial charge in [-0.2, -0.15) is 0 Å². The van der Waals surface area contributed by atoms with Crippen molar-refractivity contribution < 1.29 is 14.7 Å². The molecule has 1 rings (SSSR count). The van der Waals surface area contributed by atoms with Crippen LogP contribution in [0.2, 0.25) is 5.02 Å². The van der Waals surface area contributed by atoms with Crippen LogP contribution in [0.15, 0.2) is 18.3 Å². The number of likely N-dealkylation sites (N-methyl/N-ethyl adjacent to an activating group) is 1. The van der Waals surface area contributed by atoms with Gasteiger partial charge in [0.1, 0.15) is 11.9 Å². The highest BCUT2D eigenvalue weighted by molar-refractivity contribution is 6.30. The summed E-state index contributed by atoms with van der Waals surface area (Å²) in [6, 6.07) is 2.42. The first kappa shape index (κ1) is 17.2. The second kappa shape index (κ2) is 6.76. The molecule has 1 amide bonds. The third kappa shape index (κ3) is 5.23. The minimum absolute atomic E-state index is 0.00842. The number of carbonyl (C=O) groups excluding carboxylic acids is 1. The maximum Gasteiger partial charge on any atom is 0.326 e. The lowest BCUT2D eigenvalue weighted by Crippen LogP contribution is -2.51. The molecule has 7 heteroatoms. The van der Waals surface area contributed by atoms with Crippen molar-refractivity contribution in [3.63, 3.8) is 0 Å². The average molecular weight is 314 g/mol. The molecular formula is C14H20ClN3O3.